The molecule has 0 aliphatic carbocycles. The average Bonchev–Trinajstić information content (AvgIpc) is 2.15. The van der Waals surface area contributed by atoms with Gasteiger partial charge in [-0.2, -0.15) is 0 Å². The SMILES string of the molecule is [O]C(=O)Cc1ccoc1. The lowest BCUT2D eigenvalue weighted by Gasteiger charge is -1.80. The normalized spacial score (nSPS) is 9.33. The summed E-state index contributed by atoms with van der Waals surface area (Å²) in [6.07, 6.45) is 2.74. The minimum Gasteiger partial charge on any atom is -0.472 e. The van der Waals surface area contributed by atoms with Gasteiger partial charge in [0, 0.05) is 5.56 Å². The molecular formula is C6H5O3. The summed E-state index contributed by atoms with van der Waals surface area (Å²) in [5.41, 5.74) is 0.634. The third kappa shape index (κ3) is 1.60. The Balaban J connectivity index is 2.58. The molecule has 1 aromatic rings. The van der Waals surface area contributed by atoms with Crippen molar-refractivity contribution in [1.82, 2.24) is 0 Å². The van der Waals surface area contributed by atoms with Crippen molar-refractivity contribution in [2.75, 3.05) is 0 Å². The van der Waals surface area contributed by atoms with Gasteiger partial charge >= 0.3 is 5.97 Å². The van der Waals surface area contributed by atoms with Crippen LogP contribution in [0.3, 0.4) is 0 Å². The number of hydrogen-bond donors (Lipinski definition) is 0. The molecule has 0 N–H and O–H groups in total. The smallest absolute Gasteiger partial charge is 0.360 e. The maximum atomic E-state index is 9.91. The van der Waals surface area contributed by atoms with Crippen molar-refractivity contribution in [3.8, 4) is 0 Å². The Labute approximate surface area is 51.9 Å². The minimum absolute atomic E-state index is 0.0729. The molecule has 3 nitrogen and oxygen atoms in total. The Morgan fingerprint density at radius 3 is 2.89 bits per heavy atom. The first-order chi connectivity index (χ1) is 4.29. The van der Waals surface area contributed by atoms with Gasteiger partial charge in [-0.15, -0.1) is 0 Å². The van der Waals surface area contributed by atoms with E-state index in [0.717, 1.165) is 0 Å². The highest BCUT2D eigenvalue weighted by atomic mass is 16.4. The van der Waals surface area contributed by atoms with E-state index in [-0.39, 0.29) is 6.42 Å². The molecular weight excluding hydrogens is 120 g/mol. The number of hydrogen-bond acceptors (Lipinski definition) is 2. The van der Waals surface area contributed by atoms with E-state index in [0.29, 0.717) is 5.56 Å². The molecule has 0 atom stereocenters. The molecule has 9 heavy (non-hydrogen) atoms. The van der Waals surface area contributed by atoms with Gasteiger partial charge in [0.1, 0.15) is 0 Å². The summed E-state index contributed by atoms with van der Waals surface area (Å²) in [6, 6.07) is 1.59. The predicted octanol–water partition coefficient (Wildman–Crippen LogP) is 0.779. The average molecular weight is 125 g/mol. The van der Waals surface area contributed by atoms with Crippen molar-refractivity contribution in [1.29, 1.82) is 0 Å². The minimum atomic E-state index is -1.09. The lowest BCUT2D eigenvalue weighted by atomic mass is 10.2. The molecule has 1 rings (SSSR count). The molecule has 47 valence electrons. The van der Waals surface area contributed by atoms with Crippen LogP contribution in [0.25, 0.3) is 0 Å². The molecule has 1 radical (unpaired) electrons. The van der Waals surface area contributed by atoms with Gasteiger partial charge in [0.25, 0.3) is 0 Å². The van der Waals surface area contributed by atoms with Gasteiger partial charge in [-0.05, 0) is 6.07 Å². The van der Waals surface area contributed by atoms with Crippen LogP contribution in [0.2, 0.25) is 0 Å². The number of rotatable bonds is 2. The molecule has 0 fully saturated rings. The molecule has 0 spiro atoms. The number of furan rings is 1. The Bertz CT molecular complexity index is 188. The van der Waals surface area contributed by atoms with Crippen LogP contribution in [-0.4, -0.2) is 5.97 Å². The highest BCUT2D eigenvalue weighted by Gasteiger charge is 2.01. The summed E-state index contributed by atoms with van der Waals surface area (Å²) >= 11 is 0. The van der Waals surface area contributed by atoms with Crippen LogP contribution in [0, 0.1) is 0 Å². The van der Waals surface area contributed by atoms with Crippen LogP contribution in [-0.2, 0) is 16.3 Å². The maximum absolute atomic E-state index is 9.91. The van der Waals surface area contributed by atoms with E-state index in [1.807, 2.05) is 0 Å². The van der Waals surface area contributed by atoms with E-state index in [1.54, 1.807) is 6.07 Å². The molecule has 0 amide bonds. The molecule has 1 aromatic heterocycles. The second-order valence-corrected chi connectivity index (χ2v) is 1.68. The van der Waals surface area contributed by atoms with Crippen LogP contribution >= 0.6 is 0 Å². The third-order valence-electron chi connectivity index (χ3n) is 0.929. The fourth-order valence-corrected chi connectivity index (χ4v) is 0.560. The van der Waals surface area contributed by atoms with E-state index in [1.165, 1.54) is 12.5 Å². The quantitative estimate of drug-likeness (QED) is 0.586. The Morgan fingerprint density at radius 2 is 2.44 bits per heavy atom. The van der Waals surface area contributed by atoms with Gasteiger partial charge in [0.2, 0.25) is 0 Å². The number of carbonyl (C=O) groups excluding carboxylic acids is 1. The summed E-state index contributed by atoms with van der Waals surface area (Å²) in [6.45, 7) is 0. The lowest BCUT2D eigenvalue weighted by molar-refractivity contribution is -0.142. The first-order valence-corrected chi connectivity index (χ1v) is 2.50. The zero-order chi connectivity index (χ0) is 6.69. The van der Waals surface area contributed by atoms with Crippen molar-refractivity contribution in [2.24, 2.45) is 0 Å². The van der Waals surface area contributed by atoms with Crippen molar-refractivity contribution >= 4 is 5.97 Å². The molecule has 0 saturated carbocycles. The fourth-order valence-electron chi connectivity index (χ4n) is 0.560. The zero-order valence-electron chi connectivity index (χ0n) is 4.66. The van der Waals surface area contributed by atoms with Gasteiger partial charge in [0.15, 0.2) is 0 Å². The molecule has 1 heterocycles. The number of carbonyl (C=O) groups is 1. The van der Waals surface area contributed by atoms with Crippen molar-refractivity contribution in [3.05, 3.63) is 24.2 Å². The van der Waals surface area contributed by atoms with Gasteiger partial charge in [-0.1, -0.05) is 0 Å². The largest absolute Gasteiger partial charge is 0.472 e. The van der Waals surface area contributed by atoms with Crippen molar-refractivity contribution in [3.63, 3.8) is 0 Å². The van der Waals surface area contributed by atoms with E-state index in [2.05, 4.69) is 4.42 Å². The first-order valence-electron chi connectivity index (χ1n) is 2.50. The second kappa shape index (κ2) is 2.35. The molecule has 0 bridgehead atoms. The van der Waals surface area contributed by atoms with E-state index < -0.39 is 5.97 Å². The monoisotopic (exact) mass is 125 g/mol. The van der Waals surface area contributed by atoms with Crippen molar-refractivity contribution in [2.45, 2.75) is 6.42 Å². The summed E-state index contributed by atoms with van der Waals surface area (Å²) in [7, 11) is 0. The summed E-state index contributed by atoms with van der Waals surface area (Å²) in [5.74, 6) is -1.09. The second-order valence-electron chi connectivity index (χ2n) is 1.68. The van der Waals surface area contributed by atoms with E-state index in [4.69, 9.17) is 0 Å². The predicted molar refractivity (Wildman–Crippen MR) is 28.1 cm³/mol. The van der Waals surface area contributed by atoms with Crippen LogP contribution < -0.4 is 0 Å². The van der Waals surface area contributed by atoms with Gasteiger partial charge in [0.05, 0.1) is 18.9 Å². The third-order valence-corrected chi connectivity index (χ3v) is 0.929. The highest BCUT2D eigenvalue weighted by Crippen LogP contribution is 1.99. The highest BCUT2D eigenvalue weighted by molar-refractivity contribution is 5.69. The Kier molecular flexibility index (Phi) is 1.53. The summed E-state index contributed by atoms with van der Waals surface area (Å²) in [5, 5.41) is 9.91. The van der Waals surface area contributed by atoms with Crippen LogP contribution in [0.4, 0.5) is 0 Å². The van der Waals surface area contributed by atoms with Gasteiger partial charge in [-0.25, -0.2) is 9.90 Å². The molecule has 0 saturated heterocycles. The first kappa shape index (κ1) is 5.88. The summed E-state index contributed by atoms with van der Waals surface area (Å²) in [4.78, 5) is 9.91. The Hall–Kier alpha value is -1.25. The lowest BCUT2D eigenvalue weighted by Crippen LogP contribution is -1.95. The molecule has 3 heteroatoms. The standard InChI is InChI=1S/C6H5O3/c7-6(8)3-5-1-2-9-4-5/h1-2,4H,3H2. The van der Waals surface area contributed by atoms with Gasteiger partial charge < -0.3 is 4.42 Å². The fraction of sp³-hybridized carbons (Fsp3) is 0.167. The molecule has 0 aromatic carbocycles. The van der Waals surface area contributed by atoms with Crippen molar-refractivity contribution < 1.29 is 14.3 Å². The maximum Gasteiger partial charge on any atom is 0.360 e. The molecule has 0 aliphatic rings. The molecule has 0 aliphatic heterocycles. The summed E-state index contributed by atoms with van der Waals surface area (Å²) < 4.78 is 4.62. The van der Waals surface area contributed by atoms with E-state index in [9.17, 15) is 9.90 Å². The zero-order valence-corrected chi connectivity index (χ0v) is 4.66. The van der Waals surface area contributed by atoms with Crippen LogP contribution in [0.1, 0.15) is 5.56 Å². The topological polar surface area (TPSA) is 50.1 Å². The van der Waals surface area contributed by atoms with Crippen LogP contribution in [0.5, 0.6) is 0 Å². The van der Waals surface area contributed by atoms with E-state index >= 15 is 0 Å². The van der Waals surface area contributed by atoms with Gasteiger partial charge in [-0.3, -0.25) is 0 Å². The van der Waals surface area contributed by atoms with Crippen LogP contribution in [0.15, 0.2) is 23.0 Å². The Morgan fingerprint density at radius 1 is 1.67 bits per heavy atom. The molecule has 0 unspecified atom stereocenters.